The van der Waals surface area contributed by atoms with Gasteiger partial charge in [-0.25, -0.2) is 0 Å². The fraction of sp³-hybridized carbons (Fsp3) is 0.929. The highest BCUT2D eigenvalue weighted by Gasteiger charge is 2.27. The van der Waals surface area contributed by atoms with Crippen molar-refractivity contribution in [2.75, 3.05) is 32.8 Å². The largest absolute Gasteiger partial charge is 0.396 e. The number of nitrogens with zero attached hydrogens (tertiary/aromatic N) is 1. The molecule has 19 heavy (non-hydrogen) atoms. The van der Waals surface area contributed by atoms with Gasteiger partial charge >= 0.3 is 0 Å². The molecule has 1 rings (SSSR count). The lowest BCUT2D eigenvalue weighted by Crippen LogP contribution is -2.51. The molecule has 5 heteroatoms. The van der Waals surface area contributed by atoms with Gasteiger partial charge in [0.05, 0.1) is 6.54 Å². The zero-order valence-corrected chi connectivity index (χ0v) is 12.1. The Bertz CT molecular complexity index is 261. The van der Waals surface area contributed by atoms with Gasteiger partial charge in [0.2, 0.25) is 5.91 Å². The fourth-order valence-corrected chi connectivity index (χ4v) is 2.89. The molecule has 1 aliphatic rings. The highest BCUT2D eigenvalue weighted by atomic mass is 16.3. The smallest absolute Gasteiger partial charge is 0.231 e. The average Bonchev–Trinajstić information content (AvgIpc) is 2.36. The second kappa shape index (κ2) is 9.28. The maximum atomic E-state index is 11.1. The second-order valence-corrected chi connectivity index (χ2v) is 5.63. The Kier molecular flexibility index (Phi) is 8.02. The van der Waals surface area contributed by atoms with Crippen molar-refractivity contribution in [1.29, 1.82) is 0 Å². The number of likely N-dealkylation sites (tertiary alicyclic amines) is 1. The molecule has 1 saturated heterocycles. The number of nitrogens with one attached hydrogen (secondary N) is 1. The molecule has 2 atom stereocenters. The predicted molar refractivity (Wildman–Crippen MR) is 76.8 cm³/mol. The molecule has 4 N–H and O–H groups in total. The summed E-state index contributed by atoms with van der Waals surface area (Å²) in [5, 5.41) is 12.3. The molecule has 0 aromatic heterocycles. The van der Waals surface area contributed by atoms with Gasteiger partial charge in [0.1, 0.15) is 0 Å². The molecule has 0 bridgehead atoms. The monoisotopic (exact) mass is 271 g/mol. The quantitative estimate of drug-likeness (QED) is 0.528. The average molecular weight is 271 g/mol. The summed E-state index contributed by atoms with van der Waals surface area (Å²) in [5.41, 5.74) is 5.30. The van der Waals surface area contributed by atoms with E-state index in [1.54, 1.807) is 0 Å². The molecule has 0 spiro atoms. The van der Waals surface area contributed by atoms with Crippen LogP contribution in [-0.4, -0.2) is 54.7 Å². The summed E-state index contributed by atoms with van der Waals surface area (Å²) in [6, 6.07) is 0.418. The Hall–Kier alpha value is -0.650. The van der Waals surface area contributed by atoms with E-state index in [-0.39, 0.29) is 12.5 Å². The van der Waals surface area contributed by atoms with Gasteiger partial charge < -0.3 is 16.2 Å². The number of carbonyl (C=O) groups excluding carboxylic acids is 1. The first-order valence-corrected chi connectivity index (χ1v) is 7.50. The van der Waals surface area contributed by atoms with Gasteiger partial charge in [0.25, 0.3) is 0 Å². The number of nitrogens with two attached hydrogens (primary N) is 1. The van der Waals surface area contributed by atoms with Crippen LogP contribution in [-0.2, 0) is 4.79 Å². The lowest BCUT2D eigenvalue weighted by molar-refractivity contribution is -0.119. The standard InChI is InChI=1S/C14H29N3O2/c1-2-3-5-12-8-13(16-6-4-7-18)10-17(9-12)11-14(15)19/h12-13,16,18H,2-11H2,1H3,(H2,15,19). The summed E-state index contributed by atoms with van der Waals surface area (Å²) in [4.78, 5) is 13.3. The number of rotatable bonds is 9. The van der Waals surface area contributed by atoms with Crippen LogP contribution < -0.4 is 11.1 Å². The third kappa shape index (κ3) is 6.89. The number of carbonyl (C=O) groups is 1. The molecule has 5 nitrogen and oxygen atoms in total. The summed E-state index contributed by atoms with van der Waals surface area (Å²) in [5.74, 6) is 0.407. The van der Waals surface area contributed by atoms with Crippen LogP contribution in [0, 0.1) is 5.92 Å². The van der Waals surface area contributed by atoms with Gasteiger partial charge in [0, 0.05) is 25.7 Å². The van der Waals surface area contributed by atoms with Crippen molar-refractivity contribution < 1.29 is 9.90 Å². The van der Waals surface area contributed by atoms with Crippen LogP contribution in [0.1, 0.15) is 39.0 Å². The minimum atomic E-state index is -0.245. The Labute approximate surface area is 116 Å². The van der Waals surface area contributed by atoms with Crippen LogP contribution in [0.25, 0.3) is 0 Å². The summed E-state index contributed by atoms with van der Waals surface area (Å²) in [6.45, 7) is 5.51. The number of primary amides is 1. The van der Waals surface area contributed by atoms with Gasteiger partial charge in [-0.2, -0.15) is 0 Å². The van der Waals surface area contributed by atoms with Crippen molar-refractivity contribution in [3.05, 3.63) is 0 Å². The van der Waals surface area contributed by atoms with Crippen molar-refractivity contribution in [3.63, 3.8) is 0 Å². The van der Waals surface area contributed by atoms with E-state index < -0.39 is 0 Å². The van der Waals surface area contributed by atoms with Crippen LogP contribution >= 0.6 is 0 Å². The molecular weight excluding hydrogens is 242 g/mol. The molecule has 1 aliphatic heterocycles. The zero-order valence-electron chi connectivity index (χ0n) is 12.1. The molecule has 1 heterocycles. The van der Waals surface area contributed by atoms with E-state index in [1.165, 1.54) is 25.7 Å². The molecule has 112 valence electrons. The van der Waals surface area contributed by atoms with Crippen LogP contribution in [0.5, 0.6) is 0 Å². The fourth-order valence-electron chi connectivity index (χ4n) is 2.89. The number of hydrogen-bond acceptors (Lipinski definition) is 4. The van der Waals surface area contributed by atoms with E-state index in [2.05, 4.69) is 17.1 Å². The van der Waals surface area contributed by atoms with E-state index in [1.807, 2.05) is 0 Å². The Morgan fingerprint density at radius 3 is 2.84 bits per heavy atom. The number of aliphatic hydroxyl groups is 1. The highest BCUT2D eigenvalue weighted by Crippen LogP contribution is 2.22. The van der Waals surface area contributed by atoms with Crippen LogP contribution in [0.15, 0.2) is 0 Å². The lowest BCUT2D eigenvalue weighted by Gasteiger charge is -2.37. The molecule has 0 aromatic rings. The third-order valence-corrected chi connectivity index (χ3v) is 3.73. The van der Waals surface area contributed by atoms with Crippen molar-refractivity contribution in [2.24, 2.45) is 11.7 Å². The Balaban J connectivity index is 2.43. The molecule has 0 saturated carbocycles. The summed E-state index contributed by atoms with van der Waals surface area (Å²) >= 11 is 0. The van der Waals surface area contributed by atoms with E-state index in [4.69, 9.17) is 10.8 Å². The van der Waals surface area contributed by atoms with E-state index >= 15 is 0 Å². The Morgan fingerprint density at radius 1 is 1.42 bits per heavy atom. The van der Waals surface area contributed by atoms with Crippen LogP contribution in [0.2, 0.25) is 0 Å². The molecule has 2 unspecified atom stereocenters. The first-order chi connectivity index (χ1) is 9.15. The van der Waals surface area contributed by atoms with E-state index in [0.717, 1.165) is 26.1 Å². The number of unbranched alkanes of at least 4 members (excludes halogenated alkanes) is 1. The normalized spacial score (nSPS) is 24.5. The molecule has 1 amide bonds. The summed E-state index contributed by atoms with van der Waals surface area (Å²) < 4.78 is 0. The van der Waals surface area contributed by atoms with Gasteiger partial charge in [-0.15, -0.1) is 0 Å². The second-order valence-electron chi connectivity index (χ2n) is 5.63. The molecule has 0 aromatic carbocycles. The van der Waals surface area contributed by atoms with Crippen molar-refractivity contribution in [3.8, 4) is 0 Å². The van der Waals surface area contributed by atoms with Crippen LogP contribution in [0.3, 0.4) is 0 Å². The van der Waals surface area contributed by atoms with Gasteiger partial charge in [-0.05, 0) is 31.7 Å². The minimum absolute atomic E-state index is 0.226. The number of aliphatic hydroxyl groups excluding tert-OH is 1. The van der Waals surface area contributed by atoms with Gasteiger partial charge in [-0.1, -0.05) is 19.8 Å². The van der Waals surface area contributed by atoms with Gasteiger partial charge in [0.15, 0.2) is 0 Å². The van der Waals surface area contributed by atoms with Crippen molar-refractivity contribution in [1.82, 2.24) is 10.2 Å². The van der Waals surface area contributed by atoms with Crippen molar-refractivity contribution in [2.45, 2.75) is 45.1 Å². The van der Waals surface area contributed by atoms with Crippen LogP contribution in [0.4, 0.5) is 0 Å². The number of hydrogen-bond donors (Lipinski definition) is 3. The minimum Gasteiger partial charge on any atom is -0.396 e. The third-order valence-electron chi connectivity index (χ3n) is 3.73. The first-order valence-electron chi connectivity index (χ1n) is 7.50. The summed E-state index contributed by atoms with van der Waals surface area (Å²) in [7, 11) is 0. The van der Waals surface area contributed by atoms with E-state index in [0.29, 0.717) is 18.5 Å². The predicted octanol–water partition coefficient (Wildman–Crippen LogP) is 0.324. The number of amides is 1. The molecule has 1 fully saturated rings. The first kappa shape index (κ1) is 16.4. The Morgan fingerprint density at radius 2 is 2.21 bits per heavy atom. The van der Waals surface area contributed by atoms with E-state index in [9.17, 15) is 4.79 Å². The number of piperidine rings is 1. The topological polar surface area (TPSA) is 78.6 Å². The molecular formula is C14H29N3O2. The maximum absolute atomic E-state index is 11.1. The SMILES string of the molecule is CCCCC1CC(NCCCO)CN(CC(N)=O)C1. The van der Waals surface area contributed by atoms with Crippen molar-refractivity contribution >= 4 is 5.91 Å². The lowest BCUT2D eigenvalue weighted by atomic mass is 9.90. The maximum Gasteiger partial charge on any atom is 0.231 e. The highest BCUT2D eigenvalue weighted by molar-refractivity contribution is 5.75. The molecule has 0 aliphatic carbocycles. The molecule has 0 radical (unpaired) electrons. The van der Waals surface area contributed by atoms with Gasteiger partial charge in [-0.3, -0.25) is 9.69 Å². The zero-order chi connectivity index (χ0) is 14.1. The summed E-state index contributed by atoms with van der Waals surface area (Å²) in [6.07, 6.45) is 5.64.